The number of hydrogen-bond donors (Lipinski definition) is 2. The monoisotopic (exact) mass is 419 g/mol. The van der Waals surface area contributed by atoms with Crippen molar-refractivity contribution in [3.8, 4) is 5.75 Å². The van der Waals surface area contributed by atoms with Gasteiger partial charge in [-0.05, 0) is 59.7 Å². The predicted octanol–water partition coefficient (Wildman–Crippen LogP) is 2.66. The molecule has 3 aromatic rings. The number of carbonyl (C=O) groups is 2. The smallest absolute Gasteiger partial charge is 0.329 e. The fraction of sp³-hybridized carbons (Fsp3) is 0.0476. The molecule has 10 nitrogen and oxygen atoms in total. The Morgan fingerprint density at radius 1 is 1.03 bits per heavy atom. The highest BCUT2D eigenvalue weighted by atomic mass is 16.6. The standard InChI is InChI=1S/C21H17N5O5/c27-20(24-19-3-1-2-12-22-19)21(28)25-23-13-15-6-10-18(11-7-15)31-14-16-4-8-17(9-5-16)26(29)30/h1-13H,14H2,(H,25,28)(H,22,24,27)/b23-13-. The maximum absolute atomic E-state index is 11.8. The lowest BCUT2D eigenvalue weighted by atomic mass is 10.2. The lowest BCUT2D eigenvalue weighted by molar-refractivity contribution is -0.384. The van der Waals surface area contributed by atoms with Crippen LogP contribution >= 0.6 is 0 Å². The SMILES string of the molecule is O=C(N/N=C\c1ccc(OCc2ccc([N+](=O)[O-])cc2)cc1)C(=O)Nc1ccccn1. The Balaban J connectivity index is 1.46. The molecule has 0 aliphatic rings. The molecule has 0 fully saturated rings. The number of nitro benzene ring substituents is 1. The van der Waals surface area contributed by atoms with Crippen molar-refractivity contribution in [3.05, 3.63) is 94.2 Å². The number of carbonyl (C=O) groups excluding carboxylic acids is 2. The highest BCUT2D eigenvalue weighted by Crippen LogP contribution is 2.16. The largest absolute Gasteiger partial charge is 0.489 e. The molecule has 0 radical (unpaired) electrons. The van der Waals surface area contributed by atoms with Crippen LogP contribution in [0.25, 0.3) is 0 Å². The van der Waals surface area contributed by atoms with Crippen LogP contribution in [-0.2, 0) is 16.2 Å². The van der Waals surface area contributed by atoms with Crippen LogP contribution in [-0.4, -0.2) is 27.9 Å². The van der Waals surface area contributed by atoms with Gasteiger partial charge in [0.05, 0.1) is 11.1 Å². The third-order valence-electron chi connectivity index (χ3n) is 3.93. The number of ether oxygens (including phenoxy) is 1. The molecule has 2 aromatic carbocycles. The summed E-state index contributed by atoms with van der Waals surface area (Å²) in [6.07, 6.45) is 2.87. The van der Waals surface area contributed by atoms with Gasteiger partial charge in [0.2, 0.25) is 0 Å². The van der Waals surface area contributed by atoms with Crippen LogP contribution in [0.2, 0.25) is 0 Å². The molecule has 0 aliphatic heterocycles. The average molecular weight is 419 g/mol. The van der Waals surface area contributed by atoms with Gasteiger partial charge in [-0.3, -0.25) is 19.7 Å². The van der Waals surface area contributed by atoms with Crippen molar-refractivity contribution in [2.24, 2.45) is 5.10 Å². The second-order valence-corrected chi connectivity index (χ2v) is 6.15. The third kappa shape index (κ3) is 6.46. The lowest BCUT2D eigenvalue weighted by Gasteiger charge is -2.06. The van der Waals surface area contributed by atoms with E-state index in [0.717, 1.165) is 5.56 Å². The Hall–Kier alpha value is -4.60. The molecular formula is C21H17N5O5. The zero-order valence-electron chi connectivity index (χ0n) is 16.1. The van der Waals surface area contributed by atoms with Crippen LogP contribution in [0.15, 0.2) is 78.0 Å². The summed E-state index contributed by atoms with van der Waals surface area (Å²) >= 11 is 0. The molecular weight excluding hydrogens is 402 g/mol. The van der Waals surface area contributed by atoms with Gasteiger partial charge in [-0.2, -0.15) is 5.10 Å². The first-order valence-corrected chi connectivity index (χ1v) is 9.03. The van der Waals surface area contributed by atoms with E-state index in [0.29, 0.717) is 11.3 Å². The first-order chi connectivity index (χ1) is 15.0. The quantitative estimate of drug-likeness (QED) is 0.262. The number of nitrogens with one attached hydrogen (secondary N) is 2. The molecule has 3 rings (SSSR count). The Kier molecular flexibility index (Phi) is 6.99. The van der Waals surface area contributed by atoms with Crippen molar-refractivity contribution in [2.45, 2.75) is 6.61 Å². The molecule has 1 aromatic heterocycles. The Morgan fingerprint density at radius 3 is 2.42 bits per heavy atom. The number of hydrazone groups is 1. The van der Waals surface area contributed by atoms with E-state index in [1.807, 2.05) is 0 Å². The number of anilines is 1. The molecule has 0 saturated heterocycles. The van der Waals surface area contributed by atoms with E-state index in [4.69, 9.17) is 4.74 Å². The number of hydrogen-bond acceptors (Lipinski definition) is 7. The van der Waals surface area contributed by atoms with Gasteiger partial charge in [-0.25, -0.2) is 10.4 Å². The van der Waals surface area contributed by atoms with E-state index in [2.05, 4.69) is 20.8 Å². The van der Waals surface area contributed by atoms with Gasteiger partial charge < -0.3 is 10.1 Å². The van der Waals surface area contributed by atoms with Gasteiger partial charge in [0.15, 0.2) is 0 Å². The molecule has 0 unspecified atom stereocenters. The Labute approximate surface area is 176 Å². The van der Waals surface area contributed by atoms with Crippen LogP contribution in [0.4, 0.5) is 11.5 Å². The van der Waals surface area contributed by atoms with Crippen molar-refractivity contribution < 1.29 is 19.2 Å². The molecule has 0 saturated carbocycles. The van der Waals surface area contributed by atoms with Gasteiger partial charge in [0, 0.05) is 18.3 Å². The molecule has 156 valence electrons. The summed E-state index contributed by atoms with van der Waals surface area (Å²) < 4.78 is 5.64. The zero-order valence-corrected chi connectivity index (χ0v) is 16.1. The van der Waals surface area contributed by atoms with Crippen molar-refractivity contribution in [3.63, 3.8) is 0 Å². The highest BCUT2D eigenvalue weighted by Gasteiger charge is 2.13. The van der Waals surface area contributed by atoms with Crippen LogP contribution in [0, 0.1) is 10.1 Å². The van der Waals surface area contributed by atoms with E-state index in [9.17, 15) is 19.7 Å². The molecule has 2 N–H and O–H groups in total. The molecule has 0 bridgehead atoms. The van der Waals surface area contributed by atoms with E-state index >= 15 is 0 Å². The minimum Gasteiger partial charge on any atom is -0.489 e. The fourth-order valence-electron chi connectivity index (χ4n) is 2.36. The summed E-state index contributed by atoms with van der Waals surface area (Å²) in [7, 11) is 0. The summed E-state index contributed by atoms with van der Waals surface area (Å²) in [5, 5.41) is 16.8. The maximum Gasteiger partial charge on any atom is 0.329 e. The number of pyridine rings is 1. The number of benzene rings is 2. The lowest BCUT2D eigenvalue weighted by Crippen LogP contribution is -2.32. The predicted molar refractivity (Wildman–Crippen MR) is 112 cm³/mol. The van der Waals surface area contributed by atoms with E-state index in [1.165, 1.54) is 24.5 Å². The third-order valence-corrected chi connectivity index (χ3v) is 3.93. The molecule has 1 heterocycles. The number of nitrogens with zero attached hydrogens (tertiary/aromatic N) is 3. The molecule has 31 heavy (non-hydrogen) atoms. The summed E-state index contributed by atoms with van der Waals surface area (Å²) in [6.45, 7) is 0.257. The van der Waals surface area contributed by atoms with Gasteiger partial charge in [0.1, 0.15) is 18.2 Å². The first-order valence-electron chi connectivity index (χ1n) is 9.03. The molecule has 2 amide bonds. The number of non-ortho nitro benzene ring substituents is 1. The summed E-state index contributed by atoms with van der Waals surface area (Å²) in [5.74, 6) is -0.957. The number of nitro groups is 1. The van der Waals surface area contributed by atoms with E-state index in [1.54, 1.807) is 54.6 Å². The van der Waals surface area contributed by atoms with E-state index < -0.39 is 16.7 Å². The minimum absolute atomic E-state index is 0.0219. The number of aromatic nitrogens is 1. The summed E-state index contributed by atoms with van der Waals surface area (Å²) in [6, 6.07) is 17.9. The van der Waals surface area contributed by atoms with Gasteiger partial charge in [-0.15, -0.1) is 0 Å². The molecule has 10 heteroatoms. The van der Waals surface area contributed by atoms with Crippen molar-refractivity contribution in [2.75, 3.05) is 5.32 Å². The molecule has 0 aliphatic carbocycles. The number of rotatable bonds is 7. The Bertz CT molecular complexity index is 1080. The van der Waals surface area contributed by atoms with Crippen LogP contribution in [0.3, 0.4) is 0 Å². The minimum atomic E-state index is -0.926. The van der Waals surface area contributed by atoms with Crippen LogP contribution in [0.5, 0.6) is 5.75 Å². The molecule has 0 spiro atoms. The second kappa shape index (κ2) is 10.3. The first kappa shape index (κ1) is 21.1. The van der Waals surface area contributed by atoms with Gasteiger partial charge in [-0.1, -0.05) is 6.07 Å². The second-order valence-electron chi connectivity index (χ2n) is 6.15. The topological polar surface area (TPSA) is 136 Å². The van der Waals surface area contributed by atoms with Gasteiger partial charge >= 0.3 is 11.8 Å². The normalized spacial score (nSPS) is 10.5. The highest BCUT2D eigenvalue weighted by molar-refractivity contribution is 6.39. The average Bonchev–Trinajstić information content (AvgIpc) is 2.79. The number of amides is 2. The van der Waals surface area contributed by atoms with Gasteiger partial charge in [0.25, 0.3) is 5.69 Å². The van der Waals surface area contributed by atoms with Crippen molar-refractivity contribution in [1.82, 2.24) is 10.4 Å². The van der Waals surface area contributed by atoms with Crippen LogP contribution in [0.1, 0.15) is 11.1 Å². The zero-order chi connectivity index (χ0) is 22.1. The van der Waals surface area contributed by atoms with Crippen molar-refractivity contribution in [1.29, 1.82) is 0 Å². The molecule has 0 atom stereocenters. The fourth-order valence-corrected chi connectivity index (χ4v) is 2.36. The summed E-state index contributed by atoms with van der Waals surface area (Å²) in [4.78, 5) is 37.6. The summed E-state index contributed by atoms with van der Waals surface area (Å²) in [5.41, 5.74) is 3.63. The van der Waals surface area contributed by atoms with E-state index in [-0.39, 0.29) is 18.1 Å². The Morgan fingerprint density at radius 2 is 1.77 bits per heavy atom. The maximum atomic E-state index is 11.8. The van der Waals surface area contributed by atoms with Crippen LogP contribution < -0.4 is 15.5 Å². The van der Waals surface area contributed by atoms with Crippen molar-refractivity contribution >= 4 is 29.5 Å².